The summed E-state index contributed by atoms with van der Waals surface area (Å²) in [4.78, 5) is 22.7. The van der Waals surface area contributed by atoms with Crippen molar-refractivity contribution in [2.24, 2.45) is 17.8 Å². The zero-order valence-electron chi connectivity index (χ0n) is 12.0. The van der Waals surface area contributed by atoms with Gasteiger partial charge in [0, 0.05) is 13.0 Å². The predicted molar refractivity (Wildman–Crippen MR) is 72.3 cm³/mol. The summed E-state index contributed by atoms with van der Waals surface area (Å²) in [5.74, 6) is -0.610. The summed E-state index contributed by atoms with van der Waals surface area (Å²) < 4.78 is 0. The number of nitrogens with one attached hydrogen (secondary N) is 1. The van der Waals surface area contributed by atoms with Gasteiger partial charge in [0.1, 0.15) is 0 Å². The van der Waals surface area contributed by atoms with Crippen LogP contribution >= 0.6 is 0 Å². The van der Waals surface area contributed by atoms with Crippen molar-refractivity contribution >= 4 is 11.9 Å². The van der Waals surface area contributed by atoms with Crippen LogP contribution in [-0.2, 0) is 9.59 Å². The Kier molecular flexibility index (Phi) is 8.42. The molecule has 2 N–H and O–H groups in total. The van der Waals surface area contributed by atoms with E-state index in [9.17, 15) is 9.59 Å². The van der Waals surface area contributed by atoms with Crippen LogP contribution in [0.5, 0.6) is 0 Å². The van der Waals surface area contributed by atoms with E-state index in [4.69, 9.17) is 5.11 Å². The maximum Gasteiger partial charge on any atom is 0.308 e. The summed E-state index contributed by atoms with van der Waals surface area (Å²) in [5.41, 5.74) is 0. The SMILES string of the molecule is CCC(CC)CC(=O)NCC(CC(C)C)C(=O)O. The number of carbonyl (C=O) groups excluding carboxylic acids is 1. The average Bonchev–Trinajstić information content (AvgIpc) is 2.30. The highest BCUT2D eigenvalue weighted by molar-refractivity contribution is 5.77. The molecule has 0 saturated heterocycles. The van der Waals surface area contributed by atoms with E-state index in [2.05, 4.69) is 19.2 Å². The molecule has 0 aromatic heterocycles. The van der Waals surface area contributed by atoms with Crippen LogP contribution in [0.25, 0.3) is 0 Å². The zero-order valence-corrected chi connectivity index (χ0v) is 12.0. The molecule has 0 heterocycles. The summed E-state index contributed by atoms with van der Waals surface area (Å²) in [7, 11) is 0. The summed E-state index contributed by atoms with van der Waals surface area (Å²) in [6.07, 6.45) is 3.07. The van der Waals surface area contributed by atoms with Crippen molar-refractivity contribution in [3.05, 3.63) is 0 Å². The van der Waals surface area contributed by atoms with Crippen LogP contribution in [-0.4, -0.2) is 23.5 Å². The molecule has 1 unspecified atom stereocenters. The Balaban J connectivity index is 4.10. The minimum Gasteiger partial charge on any atom is -0.481 e. The van der Waals surface area contributed by atoms with Gasteiger partial charge in [0.15, 0.2) is 0 Å². The van der Waals surface area contributed by atoms with E-state index in [-0.39, 0.29) is 12.5 Å². The lowest BCUT2D eigenvalue weighted by atomic mass is 9.96. The Labute approximate surface area is 110 Å². The third-order valence-electron chi connectivity index (χ3n) is 3.28. The average molecular weight is 257 g/mol. The quantitative estimate of drug-likeness (QED) is 0.667. The highest BCUT2D eigenvalue weighted by Gasteiger charge is 2.20. The van der Waals surface area contributed by atoms with Gasteiger partial charge >= 0.3 is 5.97 Å². The minimum absolute atomic E-state index is 0.0290. The van der Waals surface area contributed by atoms with Gasteiger partial charge in [-0.1, -0.05) is 40.5 Å². The summed E-state index contributed by atoms with van der Waals surface area (Å²) in [6.45, 7) is 8.36. The maximum absolute atomic E-state index is 11.7. The molecule has 4 heteroatoms. The molecule has 0 radical (unpaired) electrons. The summed E-state index contributed by atoms with van der Waals surface area (Å²) >= 11 is 0. The number of aliphatic carboxylic acids is 1. The van der Waals surface area contributed by atoms with Gasteiger partial charge in [0.05, 0.1) is 5.92 Å². The van der Waals surface area contributed by atoms with Gasteiger partial charge in [0.25, 0.3) is 0 Å². The Morgan fingerprint density at radius 2 is 1.72 bits per heavy atom. The summed E-state index contributed by atoms with van der Waals surface area (Å²) in [5, 5.41) is 11.8. The van der Waals surface area contributed by atoms with Crippen LogP contribution in [0.2, 0.25) is 0 Å². The van der Waals surface area contributed by atoms with Gasteiger partial charge in [-0.3, -0.25) is 9.59 Å². The molecule has 0 aliphatic rings. The number of carboxylic acids is 1. The van der Waals surface area contributed by atoms with Gasteiger partial charge in [-0.2, -0.15) is 0 Å². The third kappa shape index (κ3) is 7.30. The van der Waals surface area contributed by atoms with Crippen LogP contribution in [0.3, 0.4) is 0 Å². The van der Waals surface area contributed by atoms with Crippen LogP contribution in [0.4, 0.5) is 0 Å². The van der Waals surface area contributed by atoms with Gasteiger partial charge in [-0.05, 0) is 18.3 Å². The molecule has 0 aromatic rings. The Morgan fingerprint density at radius 1 is 1.17 bits per heavy atom. The van der Waals surface area contributed by atoms with Crippen molar-refractivity contribution < 1.29 is 14.7 Å². The van der Waals surface area contributed by atoms with Crippen LogP contribution in [0, 0.1) is 17.8 Å². The van der Waals surface area contributed by atoms with Crippen molar-refractivity contribution in [1.82, 2.24) is 5.32 Å². The van der Waals surface area contributed by atoms with Crippen molar-refractivity contribution in [2.75, 3.05) is 6.54 Å². The lowest BCUT2D eigenvalue weighted by Crippen LogP contribution is -2.34. The van der Waals surface area contributed by atoms with Crippen molar-refractivity contribution in [3.63, 3.8) is 0 Å². The molecule has 0 aliphatic heterocycles. The van der Waals surface area contributed by atoms with Crippen molar-refractivity contribution in [1.29, 1.82) is 0 Å². The molecule has 0 saturated carbocycles. The summed E-state index contributed by atoms with van der Waals surface area (Å²) in [6, 6.07) is 0. The standard InChI is InChI=1S/C14H27NO3/c1-5-11(6-2)8-13(16)15-9-12(14(17)18)7-10(3)4/h10-12H,5-9H2,1-4H3,(H,15,16)(H,17,18). The number of carboxylic acid groups (broad SMARTS) is 1. The number of hydrogen-bond donors (Lipinski definition) is 2. The first kappa shape index (κ1) is 16.9. The molecule has 0 aromatic carbocycles. The lowest BCUT2D eigenvalue weighted by Gasteiger charge is -2.17. The molecule has 18 heavy (non-hydrogen) atoms. The van der Waals surface area contributed by atoms with Gasteiger partial charge in [0.2, 0.25) is 5.91 Å². The Bertz CT molecular complexity index is 260. The van der Waals surface area contributed by atoms with Gasteiger partial charge < -0.3 is 10.4 Å². The number of carbonyl (C=O) groups is 2. The first-order valence-electron chi connectivity index (χ1n) is 6.90. The molecule has 106 valence electrons. The fourth-order valence-corrected chi connectivity index (χ4v) is 1.99. The molecule has 0 rings (SSSR count). The smallest absolute Gasteiger partial charge is 0.308 e. The van der Waals surface area contributed by atoms with E-state index in [1.807, 2.05) is 13.8 Å². The van der Waals surface area contributed by atoms with Gasteiger partial charge in [-0.15, -0.1) is 0 Å². The Morgan fingerprint density at radius 3 is 2.11 bits per heavy atom. The maximum atomic E-state index is 11.7. The zero-order chi connectivity index (χ0) is 14.1. The monoisotopic (exact) mass is 257 g/mol. The topological polar surface area (TPSA) is 66.4 Å². The largest absolute Gasteiger partial charge is 0.481 e. The number of amides is 1. The highest BCUT2D eigenvalue weighted by atomic mass is 16.4. The molecule has 1 atom stereocenters. The molecule has 0 aliphatic carbocycles. The van der Waals surface area contributed by atoms with E-state index < -0.39 is 11.9 Å². The fraction of sp³-hybridized carbons (Fsp3) is 0.857. The van der Waals surface area contributed by atoms with Crippen LogP contribution < -0.4 is 5.32 Å². The van der Waals surface area contributed by atoms with E-state index in [1.54, 1.807) is 0 Å². The lowest BCUT2D eigenvalue weighted by molar-refractivity contribution is -0.142. The number of hydrogen-bond acceptors (Lipinski definition) is 2. The first-order chi connectivity index (χ1) is 8.40. The number of rotatable bonds is 9. The van der Waals surface area contributed by atoms with E-state index in [0.29, 0.717) is 24.7 Å². The molecule has 1 amide bonds. The normalized spacial score (nSPS) is 12.8. The van der Waals surface area contributed by atoms with Crippen molar-refractivity contribution in [2.45, 2.75) is 53.4 Å². The Hall–Kier alpha value is -1.06. The molecule has 0 spiro atoms. The van der Waals surface area contributed by atoms with E-state index in [0.717, 1.165) is 12.8 Å². The second kappa shape index (κ2) is 8.95. The molecule has 0 bridgehead atoms. The third-order valence-corrected chi connectivity index (χ3v) is 3.28. The van der Waals surface area contributed by atoms with Crippen molar-refractivity contribution in [3.8, 4) is 0 Å². The fourth-order valence-electron chi connectivity index (χ4n) is 1.99. The predicted octanol–water partition coefficient (Wildman–Crippen LogP) is 2.68. The van der Waals surface area contributed by atoms with Crippen LogP contribution in [0.15, 0.2) is 0 Å². The van der Waals surface area contributed by atoms with Gasteiger partial charge in [-0.25, -0.2) is 0 Å². The molecule has 4 nitrogen and oxygen atoms in total. The molecular weight excluding hydrogens is 230 g/mol. The first-order valence-corrected chi connectivity index (χ1v) is 6.90. The second-order valence-corrected chi connectivity index (χ2v) is 5.36. The van der Waals surface area contributed by atoms with Crippen LogP contribution in [0.1, 0.15) is 53.4 Å². The molecule has 0 fully saturated rings. The highest BCUT2D eigenvalue weighted by Crippen LogP contribution is 2.13. The van der Waals surface area contributed by atoms with E-state index in [1.165, 1.54) is 0 Å². The van der Waals surface area contributed by atoms with E-state index >= 15 is 0 Å². The second-order valence-electron chi connectivity index (χ2n) is 5.36. The minimum atomic E-state index is -0.827. The molecular formula is C14H27NO3.